The molecule has 3 N–H and O–H groups in total. The molecule has 1 aliphatic carbocycles. The number of alkyl halides is 1. The third-order valence-corrected chi connectivity index (χ3v) is 6.86. The number of aromatic hydroxyl groups is 1. The fourth-order valence-electron chi connectivity index (χ4n) is 4.74. The molecular weight excluding hydrogens is 476 g/mol. The van der Waals surface area contributed by atoms with Crippen LogP contribution in [-0.2, 0) is 28.2 Å². The number of hydrogen-bond acceptors (Lipinski definition) is 6. The Morgan fingerprint density at radius 1 is 1.19 bits per heavy atom. The third-order valence-electron chi connectivity index (χ3n) is 6.86. The van der Waals surface area contributed by atoms with E-state index in [1.165, 1.54) is 26.2 Å². The van der Waals surface area contributed by atoms with Crippen LogP contribution in [0, 0.1) is 12.7 Å². The largest absolute Gasteiger partial charge is 0.501 e. The zero-order chi connectivity index (χ0) is 26.4. The van der Waals surface area contributed by atoms with Gasteiger partial charge in [0.05, 0.1) is 12.1 Å². The fraction of sp³-hybridized carbons (Fsp3) is 0.458. The van der Waals surface area contributed by atoms with E-state index in [9.17, 15) is 28.7 Å². The number of aryl methyl sites for hydroxylation is 1. The zero-order valence-corrected chi connectivity index (χ0v) is 20.2. The van der Waals surface area contributed by atoms with Gasteiger partial charge in [0, 0.05) is 20.6 Å². The minimum absolute atomic E-state index is 0.0154. The van der Waals surface area contributed by atoms with E-state index in [1.807, 2.05) is 0 Å². The Morgan fingerprint density at radius 3 is 2.47 bits per heavy atom. The first-order valence-corrected chi connectivity index (χ1v) is 11.5. The molecule has 0 unspecified atom stereocenters. The molecule has 1 aromatic carbocycles. The summed E-state index contributed by atoms with van der Waals surface area (Å²) < 4.78 is 29.9. The topological polar surface area (TPSA) is 134 Å². The normalized spacial score (nSPS) is 22.4. The van der Waals surface area contributed by atoms with Crippen LogP contribution in [0.4, 0.5) is 8.78 Å². The summed E-state index contributed by atoms with van der Waals surface area (Å²) in [6.45, 7) is 1.13. The van der Waals surface area contributed by atoms with Gasteiger partial charge in [-0.25, -0.2) is 13.8 Å². The number of carbonyl (C=O) groups excluding carboxylic acids is 3. The first-order valence-electron chi connectivity index (χ1n) is 11.5. The molecule has 1 fully saturated rings. The van der Waals surface area contributed by atoms with E-state index in [2.05, 4.69) is 15.6 Å². The van der Waals surface area contributed by atoms with Gasteiger partial charge in [0.25, 0.3) is 11.5 Å². The summed E-state index contributed by atoms with van der Waals surface area (Å²) in [5.74, 6) is -4.13. The molecule has 192 valence electrons. The lowest BCUT2D eigenvalue weighted by atomic mass is 9.76. The molecular formula is C24H27F2N5O5. The molecule has 2 aliphatic heterocycles. The first-order chi connectivity index (χ1) is 16.9. The third kappa shape index (κ3) is 4.42. The molecule has 0 saturated heterocycles. The first kappa shape index (κ1) is 25.3. The van der Waals surface area contributed by atoms with Gasteiger partial charge >= 0.3 is 11.8 Å². The van der Waals surface area contributed by atoms with E-state index in [1.54, 1.807) is 13.0 Å². The molecule has 5 rings (SSSR count). The van der Waals surface area contributed by atoms with Crippen molar-refractivity contribution in [2.45, 2.75) is 56.9 Å². The van der Waals surface area contributed by atoms with E-state index >= 15 is 4.39 Å². The van der Waals surface area contributed by atoms with Crippen molar-refractivity contribution in [3.8, 4) is 5.75 Å². The van der Waals surface area contributed by atoms with Gasteiger partial charge in [-0.2, -0.15) is 0 Å². The van der Waals surface area contributed by atoms with E-state index in [0.29, 0.717) is 11.1 Å². The standard InChI is InChI=1S/C24H27F2N5O5/c1-13-10-14(4-5-15(13)25)11-27-18(33)16-17(32)20(35)31-12-23(26)6-8-24(9-7-23,22(31)28-16)29-19(34)21(36)30(2)3/h4-5,10,32H,6-9,11-12H2,1-3H3,(H,27,33)(H,29,34). The summed E-state index contributed by atoms with van der Waals surface area (Å²) in [6, 6.07) is 4.28. The monoisotopic (exact) mass is 503 g/mol. The van der Waals surface area contributed by atoms with Crippen LogP contribution in [0.3, 0.4) is 0 Å². The number of rotatable bonds is 4. The number of fused-ring (bicyclic) bond motifs is 2. The highest BCUT2D eigenvalue weighted by Crippen LogP contribution is 2.46. The van der Waals surface area contributed by atoms with Gasteiger partial charge in [-0.05, 0) is 49.8 Å². The van der Waals surface area contributed by atoms with Gasteiger partial charge in [0.15, 0.2) is 5.69 Å². The minimum atomic E-state index is -1.77. The number of halogens is 2. The van der Waals surface area contributed by atoms with Gasteiger partial charge in [0.1, 0.15) is 17.3 Å². The van der Waals surface area contributed by atoms with E-state index in [4.69, 9.17) is 0 Å². The Kier molecular flexibility index (Phi) is 6.31. The highest BCUT2D eigenvalue weighted by atomic mass is 19.1. The molecule has 2 aromatic rings. The van der Waals surface area contributed by atoms with Crippen LogP contribution < -0.4 is 16.2 Å². The lowest BCUT2D eigenvalue weighted by molar-refractivity contribution is -0.145. The Hall–Kier alpha value is -3.83. The number of nitrogens with zero attached hydrogens (tertiary/aromatic N) is 3. The predicted octanol–water partition coefficient (Wildman–Crippen LogP) is 1.02. The Labute approximate surface area is 205 Å². The second kappa shape index (κ2) is 8.99. The van der Waals surface area contributed by atoms with Crippen LogP contribution in [0.15, 0.2) is 23.0 Å². The number of likely N-dealkylation sites (N-methyl/N-ethyl adjacent to an activating group) is 1. The molecule has 3 heterocycles. The van der Waals surface area contributed by atoms with Crippen molar-refractivity contribution in [3.05, 3.63) is 57.0 Å². The van der Waals surface area contributed by atoms with Crippen molar-refractivity contribution >= 4 is 17.7 Å². The summed E-state index contributed by atoms with van der Waals surface area (Å²) in [7, 11) is 2.81. The molecule has 0 spiro atoms. The number of benzene rings is 1. The number of aromatic nitrogens is 2. The average Bonchev–Trinajstić information content (AvgIpc) is 3.03. The number of amides is 3. The molecule has 0 atom stereocenters. The Bertz CT molecular complexity index is 1310. The number of hydrogen-bond donors (Lipinski definition) is 3. The van der Waals surface area contributed by atoms with E-state index in [0.717, 1.165) is 9.47 Å². The molecule has 2 bridgehead atoms. The summed E-state index contributed by atoms with van der Waals surface area (Å²) in [5.41, 5.74) is -3.80. The molecule has 1 saturated carbocycles. The van der Waals surface area contributed by atoms with Crippen molar-refractivity contribution in [2.24, 2.45) is 0 Å². The molecule has 3 aliphatic rings. The smallest absolute Gasteiger partial charge is 0.311 e. The van der Waals surface area contributed by atoms with Crippen molar-refractivity contribution in [1.82, 2.24) is 25.1 Å². The molecule has 3 amide bonds. The van der Waals surface area contributed by atoms with E-state index in [-0.39, 0.29) is 38.1 Å². The van der Waals surface area contributed by atoms with Crippen molar-refractivity contribution in [1.29, 1.82) is 0 Å². The maximum atomic E-state index is 15.4. The maximum absolute atomic E-state index is 15.4. The maximum Gasteiger partial charge on any atom is 0.311 e. The predicted molar refractivity (Wildman–Crippen MR) is 123 cm³/mol. The van der Waals surface area contributed by atoms with Gasteiger partial charge in [-0.1, -0.05) is 12.1 Å². The molecule has 12 heteroatoms. The SMILES string of the molecule is Cc1cc(CNC(=O)c2nc3n(c(=O)c2O)CC2(F)CCC3(NC(=O)C(=O)N(C)C)CC2)ccc1F. The molecule has 1 aromatic heterocycles. The lowest BCUT2D eigenvalue weighted by Gasteiger charge is -2.38. The summed E-state index contributed by atoms with van der Waals surface area (Å²) in [4.78, 5) is 56.2. The number of nitrogens with one attached hydrogen (secondary N) is 2. The van der Waals surface area contributed by atoms with E-state index < -0.39 is 58.3 Å². The van der Waals surface area contributed by atoms with Crippen LogP contribution in [0.2, 0.25) is 0 Å². The second-order valence-electron chi connectivity index (χ2n) is 9.68. The second-order valence-corrected chi connectivity index (χ2v) is 9.68. The molecule has 36 heavy (non-hydrogen) atoms. The number of carbonyl (C=O) groups is 3. The molecule has 10 nitrogen and oxygen atoms in total. The zero-order valence-electron chi connectivity index (χ0n) is 20.2. The highest BCUT2D eigenvalue weighted by Gasteiger charge is 2.52. The van der Waals surface area contributed by atoms with Crippen LogP contribution in [0.5, 0.6) is 5.75 Å². The van der Waals surface area contributed by atoms with Crippen LogP contribution >= 0.6 is 0 Å². The van der Waals surface area contributed by atoms with Crippen molar-refractivity contribution in [2.75, 3.05) is 14.1 Å². The van der Waals surface area contributed by atoms with Gasteiger partial charge in [-0.15, -0.1) is 0 Å². The van der Waals surface area contributed by atoms with Gasteiger partial charge in [0.2, 0.25) is 5.75 Å². The van der Waals surface area contributed by atoms with Gasteiger partial charge in [-0.3, -0.25) is 23.7 Å². The average molecular weight is 504 g/mol. The van der Waals surface area contributed by atoms with Crippen LogP contribution in [0.25, 0.3) is 0 Å². The van der Waals surface area contributed by atoms with Gasteiger partial charge < -0.3 is 20.6 Å². The van der Waals surface area contributed by atoms with Crippen LogP contribution in [-0.4, -0.2) is 57.0 Å². The Morgan fingerprint density at radius 2 is 1.86 bits per heavy atom. The van der Waals surface area contributed by atoms with Crippen LogP contribution in [0.1, 0.15) is 53.1 Å². The van der Waals surface area contributed by atoms with Crippen molar-refractivity contribution in [3.63, 3.8) is 0 Å². The molecule has 0 radical (unpaired) electrons. The fourth-order valence-corrected chi connectivity index (χ4v) is 4.74. The summed E-state index contributed by atoms with van der Waals surface area (Å²) in [5, 5.41) is 15.7. The summed E-state index contributed by atoms with van der Waals surface area (Å²) >= 11 is 0. The summed E-state index contributed by atoms with van der Waals surface area (Å²) in [6.07, 6.45) is 0.0586. The highest BCUT2D eigenvalue weighted by molar-refractivity contribution is 6.35. The lowest BCUT2D eigenvalue weighted by Crippen LogP contribution is -2.54. The minimum Gasteiger partial charge on any atom is -0.501 e. The Balaban J connectivity index is 1.72. The quantitative estimate of drug-likeness (QED) is 0.534. The van der Waals surface area contributed by atoms with Crippen molar-refractivity contribution < 1.29 is 28.3 Å².